The number of nitrogens with one attached hydrogen (secondary N) is 1. The number of hydrogen-bond acceptors (Lipinski definition) is 7. The van der Waals surface area contributed by atoms with E-state index in [0.29, 0.717) is 48.9 Å². The van der Waals surface area contributed by atoms with E-state index >= 15 is 0 Å². The predicted molar refractivity (Wildman–Crippen MR) is 125 cm³/mol. The number of aliphatic imine (C=N–C) groups is 1. The van der Waals surface area contributed by atoms with Gasteiger partial charge in [-0.05, 0) is 44.1 Å². The Morgan fingerprint density at radius 1 is 1.38 bits per heavy atom. The van der Waals surface area contributed by atoms with Crippen LogP contribution in [0.2, 0.25) is 0 Å². The molecule has 0 amide bonds. The van der Waals surface area contributed by atoms with E-state index in [1.54, 1.807) is 0 Å². The molecule has 0 bridgehead atoms. The largest absolute Gasteiger partial charge is 0.431 e. The lowest BCUT2D eigenvalue weighted by molar-refractivity contribution is -0.0495. The first-order chi connectivity index (χ1) is 16.3. The molecule has 2 heterocycles. The first-order valence-electron chi connectivity index (χ1n) is 12.1. The van der Waals surface area contributed by atoms with Gasteiger partial charge in [-0.25, -0.2) is 9.37 Å². The maximum atomic E-state index is 14.0. The fraction of sp³-hybridized carbons (Fsp3) is 0.708. The van der Waals surface area contributed by atoms with E-state index in [9.17, 15) is 13.2 Å². The van der Waals surface area contributed by atoms with Crippen LogP contribution in [0, 0.1) is 23.2 Å². The molecule has 0 aromatic carbocycles. The average Bonchev–Trinajstić information content (AvgIpc) is 3.38. The third kappa shape index (κ3) is 5.71. The molecule has 0 spiro atoms. The number of nitrogens with two attached hydrogens (primary N) is 1. The Kier molecular flexibility index (Phi) is 7.77. The average molecular weight is 482 g/mol. The monoisotopic (exact) mass is 481 g/mol. The van der Waals surface area contributed by atoms with E-state index < -0.39 is 12.8 Å². The SMILES string of the molecule is CCC(C)N=C(CC(=N)c1cnc(N)c(OC(F)F)c1)C1C2CC(N3CCOCC(F)C3)CC21. The van der Waals surface area contributed by atoms with Crippen molar-refractivity contribution in [1.29, 1.82) is 5.41 Å². The number of pyridine rings is 1. The van der Waals surface area contributed by atoms with E-state index in [0.717, 1.165) is 31.5 Å². The molecule has 1 saturated heterocycles. The second-order valence-electron chi connectivity index (χ2n) is 9.66. The number of anilines is 1. The highest BCUT2D eigenvalue weighted by atomic mass is 19.3. The third-order valence-corrected chi connectivity index (χ3v) is 7.36. The predicted octanol–water partition coefficient (Wildman–Crippen LogP) is 3.96. The molecule has 4 atom stereocenters. The van der Waals surface area contributed by atoms with Crippen LogP contribution in [-0.2, 0) is 4.74 Å². The molecule has 0 radical (unpaired) electrons. The van der Waals surface area contributed by atoms with Crippen LogP contribution in [-0.4, -0.2) is 72.5 Å². The van der Waals surface area contributed by atoms with Gasteiger partial charge < -0.3 is 20.6 Å². The summed E-state index contributed by atoms with van der Waals surface area (Å²) in [5, 5.41) is 8.62. The molecule has 7 nitrogen and oxygen atoms in total. The molecule has 3 aliphatic rings. The fourth-order valence-electron chi connectivity index (χ4n) is 5.45. The number of nitrogen functional groups attached to an aromatic ring is 1. The molecule has 1 aromatic rings. The summed E-state index contributed by atoms with van der Waals surface area (Å²) >= 11 is 0. The molecule has 2 saturated carbocycles. The first-order valence-corrected chi connectivity index (χ1v) is 12.1. The number of fused-ring (bicyclic) bond motifs is 1. The summed E-state index contributed by atoms with van der Waals surface area (Å²) in [6, 6.07) is 1.85. The quantitative estimate of drug-likeness (QED) is 0.521. The summed E-state index contributed by atoms with van der Waals surface area (Å²) in [5.74, 6) is 0.933. The smallest absolute Gasteiger partial charge is 0.387 e. The lowest BCUT2D eigenvalue weighted by Gasteiger charge is -2.29. The van der Waals surface area contributed by atoms with Crippen LogP contribution in [0.3, 0.4) is 0 Å². The van der Waals surface area contributed by atoms with Crippen LogP contribution >= 0.6 is 0 Å². The van der Waals surface area contributed by atoms with Gasteiger partial charge in [-0.2, -0.15) is 8.78 Å². The zero-order chi connectivity index (χ0) is 24.4. The van der Waals surface area contributed by atoms with Crippen molar-refractivity contribution in [3.05, 3.63) is 17.8 Å². The Balaban J connectivity index is 1.43. The Labute approximate surface area is 198 Å². The lowest BCUT2D eigenvalue weighted by atomic mass is 9.96. The highest BCUT2D eigenvalue weighted by Gasteiger charge is 2.58. The summed E-state index contributed by atoms with van der Waals surface area (Å²) in [6.07, 6.45) is 3.70. The van der Waals surface area contributed by atoms with Gasteiger partial charge in [0.2, 0.25) is 0 Å². The Morgan fingerprint density at radius 2 is 2.12 bits per heavy atom. The topological polar surface area (TPSA) is 96.8 Å². The number of rotatable bonds is 9. The number of aromatic nitrogens is 1. The molecule has 188 valence electrons. The van der Waals surface area contributed by atoms with Crippen molar-refractivity contribution in [3.8, 4) is 5.75 Å². The van der Waals surface area contributed by atoms with Crippen LogP contribution in [0.25, 0.3) is 0 Å². The van der Waals surface area contributed by atoms with Crippen molar-refractivity contribution in [3.63, 3.8) is 0 Å². The van der Waals surface area contributed by atoms with E-state index in [4.69, 9.17) is 20.9 Å². The molecule has 1 aliphatic heterocycles. The van der Waals surface area contributed by atoms with Gasteiger partial charge >= 0.3 is 6.61 Å². The summed E-state index contributed by atoms with van der Waals surface area (Å²) < 4.78 is 49.1. The second kappa shape index (κ2) is 10.6. The molecule has 4 rings (SSSR count). The van der Waals surface area contributed by atoms with Gasteiger partial charge in [0, 0.05) is 60.7 Å². The lowest BCUT2D eigenvalue weighted by Crippen LogP contribution is -2.39. The van der Waals surface area contributed by atoms with Gasteiger partial charge in [0.15, 0.2) is 11.6 Å². The minimum atomic E-state index is -3.02. The van der Waals surface area contributed by atoms with Gasteiger partial charge in [-0.15, -0.1) is 0 Å². The van der Waals surface area contributed by atoms with Crippen molar-refractivity contribution < 1.29 is 22.6 Å². The summed E-state index contributed by atoms with van der Waals surface area (Å²) in [4.78, 5) is 11.1. The van der Waals surface area contributed by atoms with Gasteiger partial charge in [-0.3, -0.25) is 9.89 Å². The highest BCUT2D eigenvalue weighted by molar-refractivity contribution is 6.12. The summed E-state index contributed by atoms with van der Waals surface area (Å²) in [5.41, 5.74) is 7.27. The van der Waals surface area contributed by atoms with E-state index in [1.165, 1.54) is 12.3 Å². The van der Waals surface area contributed by atoms with Crippen molar-refractivity contribution in [2.75, 3.05) is 32.0 Å². The van der Waals surface area contributed by atoms with Crippen molar-refractivity contribution >= 4 is 17.2 Å². The number of hydrogen-bond donors (Lipinski definition) is 2. The third-order valence-electron chi connectivity index (χ3n) is 7.36. The van der Waals surface area contributed by atoms with E-state index in [-0.39, 0.29) is 29.9 Å². The van der Waals surface area contributed by atoms with Crippen molar-refractivity contribution in [2.24, 2.45) is 22.7 Å². The van der Waals surface area contributed by atoms with Crippen molar-refractivity contribution in [1.82, 2.24) is 9.88 Å². The van der Waals surface area contributed by atoms with Gasteiger partial charge in [-0.1, -0.05) is 6.92 Å². The van der Waals surface area contributed by atoms with Gasteiger partial charge in [0.05, 0.1) is 13.2 Å². The van der Waals surface area contributed by atoms with Crippen LogP contribution in [0.5, 0.6) is 5.75 Å². The standard InChI is InChI=1S/C24H34F3N5O2/c1-3-13(2)31-20(9-19(28)14-6-21(34-24(26)27)23(29)30-10-14)22-17-7-16(8-18(17)22)32-4-5-33-12-15(25)11-32/h6,10,13,15-18,22,24,28H,3-5,7-9,11-12H2,1-2H3,(H2,29,30). The number of alkyl halides is 3. The Bertz CT molecular complexity index is 903. The number of nitrogens with zero attached hydrogens (tertiary/aromatic N) is 3. The molecule has 3 fully saturated rings. The van der Waals surface area contributed by atoms with Crippen molar-refractivity contribution in [2.45, 2.75) is 64.4 Å². The molecule has 34 heavy (non-hydrogen) atoms. The second-order valence-corrected chi connectivity index (χ2v) is 9.66. The maximum Gasteiger partial charge on any atom is 0.387 e. The van der Waals surface area contributed by atoms with E-state index in [1.807, 2.05) is 0 Å². The first kappa shape index (κ1) is 24.9. The van der Waals surface area contributed by atoms with Gasteiger partial charge in [0.1, 0.15) is 6.17 Å². The molecular formula is C24H34F3N5O2. The van der Waals surface area contributed by atoms with Crippen LogP contribution in [0.4, 0.5) is 19.0 Å². The molecule has 4 unspecified atom stereocenters. The molecule has 2 aliphatic carbocycles. The minimum absolute atomic E-state index is 0.136. The molecule has 10 heteroatoms. The minimum Gasteiger partial charge on any atom is -0.431 e. The van der Waals surface area contributed by atoms with Gasteiger partial charge in [0.25, 0.3) is 0 Å². The fourth-order valence-corrected chi connectivity index (χ4v) is 5.45. The van der Waals surface area contributed by atoms with Crippen LogP contribution in [0.15, 0.2) is 17.3 Å². The maximum absolute atomic E-state index is 14.0. The van der Waals surface area contributed by atoms with E-state index in [2.05, 4.69) is 28.5 Å². The van der Waals surface area contributed by atoms with Crippen LogP contribution in [0.1, 0.15) is 45.1 Å². The Morgan fingerprint density at radius 3 is 2.79 bits per heavy atom. The van der Waals surface area contributed by atoms with Crippen LogP contribution < -0.4 is 10.5 Å². The number of halogens is 3. The molecular weight excluding hydrogens is 447 g/mol. The Hall–Kier alpha value is -2.20. The number of ether oxygens (including phenoxy) is 2. The zero-order valence-corrected chi connectivity index (χ0v) is 19.7. The molecule has 1 aromatic heterocycles. The summed E-state index contributed by atoms with van der Waals surface area (Å²) in [7, 11) is 0. The summed E-state index contributed by atoms with van der Waals surface area (Å²) in [6.45, 7) is 3.06. The highest BCUT2D eigenvalue weighted by Crippen LogP contribution is 2.59. The zero-order valence-electron chi connectivity index (χ0n) is 19.7. The molecule has 3 N–H and O–H groups in total. The normalized spacial score (nSPS) is 30.6.